The van der Waals surface area contributed by atoms with E-state index in [9.17, 15) is 22.4 Å². The van der Waals surface area contributed by atoms with E-state index in [1.807, 2.05) is 24.3 Å². The summed E-state index contributed by atoms with van der Waals surface area (Å²) in [6, 6.07) is 11.2. The Kier molecular flexibility index (Phi) is 5.77. The Morgan fingerprint density at radius 2 is 1.87 bits per heavy atom. The fraction of sp³-hybridized carbons (Fsp3) is 0.273. The molecule has 7 nitrogen and oxygen atoms in total. The number of fused-ring (bicyclic) bond motifs is 1. The number of hydrogen-bond acceptors (Lipinski definition) is 4. The zero-order valence-electron chi connectivity index (χ0n) is 16.6. The average molecular weight is 444 g/mol. The molecule has 3 aromatic rings. The lowest BCUT2D eigenvalue weighted by molar-refractivity contribution is -0.123. The van der Waals surface area contributed by atoms with Crippen LogP contribution >= 0.6 is 0 Å². The van der Waals surface area contributed by atoms with Gasteiger partial charge >= 0.3 is 0 Å². The van der Waals surface area contributed by atoms with Gasteiger partial charge in [0.1, 0.15) is 11.9 Å². The molecular weight excluding hydrogens is 421 g/mol. The Labute approximate surface area is 179 Å². The van der Waals surface area contributed by atoms with Crippen LogP contribution in [0.15, 0.2) is 54.7 Å². The largest absolute Gasteiger partial charge is 0.361 e. The molecule has 0 bridgehead atoms. The van der Waals surface area contributed by atoms with Crippen molar-refractivity contribution in [3.63, 3.8) is 0 Å². The normalized spacial score (nSPS) is 18.5. The molecule has 2 amide bonds. The fourth-order valence-electron chi connectivity index (χ4n) is 3.78. The maximum atomic E-state index is 13.2. The van der Waals surface area contributed by atoms with Crippen LogP contribution in [0, 0.1) is 5.82 Å². The number of hydrogen-bond donors (Lipinski definition) is 3. The third-order valence-electron chi connectivity index (χ3n) is 5.41. The molecule has 2 aromatic carbocycles. The molecule has 0 radical (unpaired) electrons. The molecule has 2 atom stereocenters. The van der Waals surface area contributed by atoms with Crippen LogP contribution in [-0.2, 0) is 21.1 Å². The molecule has 31 heavy (non-hydrogen) atoms. The first-order valence-corrected chi connectivity index (χ1v) is 11.7. The van der Waals surface area contributed by atoms with Gasteiger partial charge in [-0.3, -0.25) is 9.59 Å². The van der Waals surface area contributed by atoms with E-state index >= 15 is 0 Å². The number of amides is 2. The number of carbonyl (C=O) groups is 2. The van der Waals surface area contributed by atoms with Gasteiger partial charge in [-0.15, -0.1) is 0 Å². The highest BCUT2D eigenvalue weighted by Gasteiger charge is 2.31. The highest BCUT2D eigenvalue weighted by Crippen LogP contribution is 2.20. The van der Waals surface area contributed by atoms with Crippen molar-refractivity contribution in [1.82, 2.24) is 15.6 Å². The van der Waals surface area contributed by atoms with Crippen molar-refractivity contribution in [2.75, 3.05) is 11.5 Å². The minimum atomic E-state index is -3.16. The SMILES string of the molecule is O=C(N[C@H](Cc1c[nH]c2ccccc12)C(=O)N[C@@H]1CCS(=O)(=O)C1)c1ccc(F)cc1. The highest BCUT2D eigenvalue weighted by atomic mass is 32.2. The van der Waals surface area contributed by atoms with Crippen LogP contribution in [0.5, 0.6) is 0 Å². The van der Waals surface area contributed by atoms with Crippen LogP contribution in [-0.4, -0.2) is 48.8 Å². The summed E-state index contributed by atoms with van der Waals surface area (Å²) in [6.07, 6.45) is 2.34. The average Bonchev–Trinajstić information content (AvgIpc) is 3.30. The molecule has 2 heterocycles. The number of sulfone groups is 1. The summed E-state index contributed by atoms with van der Waals surface area (Å²) in [7, 11) is -3.16. The number of H-pyrrole nitrogens is 1. The molecule has 3 N–H and O–H groups in total. The Balaban J connectivity index is 1.55. The van der Waals surface area contributed by atoms with Gasteiger partial charge in [-0.1, -0.05) is 18.2 Å². The number of aromatic nitrogens is 1. The van der Waals surface area contributed by atoms with Gasteiger partial charge in [-0.25, -0.2) is 12.8 Å². The van der Waals surface area contributed by atoms with Gasteiger partial charge < -0.3 is 15.6 Å². The van der Waals surface area contributed by atoms with E-state index in [1.165, 1.54) is 24.3 Å². The van der Waals surface area contributed by atoms with Crippen LogP contribution in [0.3, 0.4) is 0 Å². The zero-order valence-corrected chi connectivity index (χ0v) is 17.4. The Hall–Kier alpha value is -3.20. The summed E-state index contributed by atoms with van der Waals surface area (Å²) in [6.45, 7) is 0. The van der Waals surface area contributed by atoms with Crippen molar-refractivity contribution in [3.8, 4) is 0 Å². The lowest BCUT2D eigenvalue weighted by atomic mass is 10.0. The lowest BCUT2D eigenvalue weighted by Crippen LogP contribution is -2.51. The van der Waals surface area contributed by atoms with Crippen LogP contribution in [0.2, 0.25) is 0 Å². The number of halogens is 1. The second-order valence-corrected chi connectivity index (χ2v) is 9.93. The molecule has 4 rings (SSSR count). The number of aromatic amines is 1. The molecule has 1 fully saturated rings. The quantitative estimate of drug-likeness (QED) is 0.541. The van der Waals surface area contributed by atoms with Crippen molar-refractivity contribution in [1.29, 1.82) is 0 Å². The number of nitrogens with one attached hydrogen (secondary N) is 3. The van der Waals surface area contributed by atoms with Gasteiger partial charge in [0.25, 0.3) is 5.91 Å². The van der Waals surface area contributed by atoms with Crippen LogP contribution < -0.4 is 10.6 Å². The topological polar surface area (TPSA) is 108 Å². The number of carbonyl (C=O) groups excluding carboxylic acids is 2. The summed E-state index contributed by atoms with van der Waals surface area (Å²) in [5, 5.41) is 6.40. The Bertz CT molecular complexity index is 1220. The van der Waals surface area contributed by atoms with Gasteiger partial charge in [0.15, 0.2) is 9.84 Å². The second-order valence-electron chi connectivity index (χ2n) is 7.71. The smallest absolute Gasteiger partial charge is 0.251 e. The first kappa shape index (κ1) is 21.0. The number of benzene rings is 2. The Morgan fingerprint density at radius 3 is 2.58 bits per heavy atom. The lowest BCUT2D eigenvalue weighted by Gasteiger charge is -2.21. The van der Waals surface area contributed by atoms with Crippen LogP contribution in [0.25, 0.3) is 10.9 Å². The van der Waals surface area contributed by atoms with E-state index in [2.05, 4.69) is 15.6 Å². The molecule has 9 heteroatoms. The molecule has 0 unspecified atom stereocenters. The van der Waals surface area contributed by atoms with Gasteiger partial charge in [-0.2, -0.15) is 0 Å². The number of rotatable bonds is 6. The monoisotopic (exact) mass is 443 g/mol. The third kappa shape index (κ3) is 4.93. The first-order valence-electron chi connectivity index (χ1n) is 9.93. The molecule has 162 valence electrons. The van der Waals surface area contributed by atoms with Crippen molar-refractivity contribution in [2.45, 2.75) is 24.9 Å². The summed E-state index contributed by atoms with van der Waals surface area (Å²) < 4.78 is 36.6. The predicted octanol–water partition coefficient (Wildman–Crippen LogP) is 1.95. The summed E-state index contributed by atoms with van der Waals surface area (Å²) in [5.41, 5.74) is 1.97. The van der Waals surface area contributed by atoms with E-state index in [-0.39, 0.29) is 23.5 Å². The minimum Gasteiger partial charge on any atom is -0.361 e. The molecule has 1 aliphatic heterocycles. The van der Waals surface area contributed by atoms with E-state index in [0.29, 0.717) is 6.42 Å². The van der Waals surface area contributed by atoms with E-state index in [0.717, 1.165) is 16.5 Å². The molecule has 1 aliphatic rings. The van der Waals surface area contributed by atoms with E-state index in [4.69, 9.17) is 0 Å². The van der Waals surface area contributed by atoms with E-state index in [1.54, 1.807) is 6.20 Å². The van der Waals surface area contributed by atoms with Crippen LogP contribution in [0.4, 0.5) is 4.39 Å². The standard InChI is InChI=1S/C22H22FN3O4S/c23-16-7-5-14(6-8-16)21(27)26-20(22(28)25-17-9-10-31(29,30)13-17)11-15-12-24-19-4-2-1-3-18(15)19/h1-8,12,17,20,24H,9-11,13H2,(H,25,28)(H,26,27)/t17-,20-/m1/s1. The minimum absolute atomic E-state index is 0.0347. The Morgan fingerprint density at radius 1 is 1.13 bits per heavy atom. The molecule has 1 saturated heterocycles. The van der Waals surface area contributed by atoms with Gasteiger partial charge in [-0.05, 0) is 42.3 Å². The molecule has 1 aromatic heterocycles. The molecular formula is C22H22FN3O4S. The molecule has 0 spiro atoms. The second kappa shape index (κ2) is 8.50. The van der Waals surface area contributed by atoms with Crippen molar-refractivity contribution in [2.24, 2.45) is 0 Å². The van der Waals surface area contributed by atoms with Crippen molar-refractivity contribution in [3.05, 3.63) is 71.7 Å². The van der Waals surface area contributed by atoms with Gasteiger partial charge in [0.2, 0.25) is 5.91 Å². The van der Waals surface area contributed by atoms with E-state index < -0.39 is 39.6 Å². The van der Waals surface area contributed by atoms with Crippen molar-refractivity contribution < 1.29 is 22.4 Å². The maximum absolute atomic E-state index is 13.2. The van der Waals surface area contributed by atoms with Crippen molar-refractivity contribution >= 4 is 32.6 Å². The summed E-state index contributed by atoms with van der Waals surface area (Å²) in [4.78, 5) is 28.8. The molecule has 0 saturated carbocycles. The third-order valence-corrected chi connectivity index (χ3v) is 7.17. The van der Waals surface area contributed by atoms with Crippen LogP contribution in [0.1, 0.15) is 22.3 Å². The van der Waals surface area contributed by atoms with Gasteiger partial charge in [0.05, 0.1) is 11.5 Å². The first-order chi connectivity index (χ1) is 14.8. The fourth-order valence-corrected chi connectivity index (χ4v) is 5.46. The molecule has 0 aliphatic carbocycles. The zero-order chi connectivity index (χ0) is 22.0. The highest BCUT2D eigenvalue weighted by molar-refractivity contribution is 7.91. The summed E-state index contributed by atoms with van der Waals surface area (Å²) >= 11 is 0. The summed E-state index contributed by atoms with van der Waals surface area (Å²) in [5.74, 6) is -1.51. The maximum Gasteiger partial charge on any atom is 0.251 e. The predicted molar refractivity (Wildman–Crippen MR) is 115 cm³/mol. The van der Waals surface area contributed by atoms with Gasteiger partial charge in [0, 0.05) is 35.1 Å². The number of para-hydroxylation sites is 1.